The Kier molecular flexibility index (Phi) is 3.00. The minimum absolute atomic E-state index is 0.744. The minimum Gasteiger partial charge on any atom is -0.493 e. The summed E-state index contributed by atoms with van der Waals surface area (Å²) in [6, 6.07) is 12.4. The topological polar surface area (TPSA) is 9.23 Å². The molecule has 2 aromatic rings. The lowest BCUT2D eigenvalue weighted by Gasteiger charge is -2.21. The smallest absolute Gasteiger partial charge is 0.124 e. The van der Waals surface area contributed by atoms with Crippen LogP contribution in [0.25, 0.3) is 11.1 Å². The molecule has 1 aliphatic rings. The molecule has 18 heavy (non-hydrogen) atoms. The fourth-order valence-electron chi connectivity index (χ4n) is 2.54. The van der Waals surface area contributed by atoms with Crippen LogP contribution in [0.2, 0.25) is 5.02 Å². The monoisotopic (exact) mass is 258 g/mol. The van der Waals surface area contributed by atoms with Crippen LogP contribution in [0, 0.1) is 6.92 Å². The lowest BCUT2D eigenvalue weighted by Crippen LogP contribution is -2.09. The van der Waals surface area contributed by atoms with Gasteiger partial charge in [0.25, 0.3) is 0 Å². The van der Waals surface area contributed by atoms with E-state index in [9.17, 15) is 0 Å². The lowest BCUT2D eigenvalue weighted by atomic mass is 9.92. The zero-order valence-corrected chi connectivity index (χ0v) is 11.1. The molecule has 1 aliphatic heterocycles. The Morgan fingerprint density at radius 2 is 1.94 bits per heavy atom. The summed E-state index contributed by atoms with van der Waals surface area (Å²) >= 11 is 6.20. The van der Waals surface area contributed by atoms with E-state index in [1.807, 2.05) is 6.07 Å². The SMILES string of the molecule is Cc1ccccc1-c1cc(Cl)cc2c1CCCO2. The third kappa shape index (κ3) is 1.99. The Labute approximate surface area is 112 Å². The highest BCUT2D eigenvalue weighted by Gasteiger charge is 2.17. The molecular weight excluding hydrogens is 244 g/mol. The number of ether oxygens (including phenoxy) is 1. The van der Waals surface area contributed by atoms with E-state index in [0.29, 0.717) is 0 Å². The molecule has 0 fully saturated rings. The zero-order chi connectivity index (χ0) is 12.5. The first-order valence-electron chi connectivity index (χ1n) is 6.27. The van der Waals surface area contributed by atoms with Crippen molar-refractivity contribution in [3.8, 4) is 16.9 Å². The predicted molar refractivity (Wildman–Crippen MR) is 75.4 cm³/mol. The normalized spacial score (nSPS) is 13.9. The van der Waals surface area contributed by atoms with E-state index >= 15 is 0 Å². The van der Waals surface area contributed by atoms with Gasteiger partial charge < -0.3 is 4.74 Å². The van der Waals surface area contributed by atoms with Crippen LogP contribution in [-0.2, 0) is 6.42 Å². The molecule has 0 aromatic heterocycles. The second-order valence-electron chi connectivity index (χ2n) is 4.70. The highest BCUT2D eigenvalue weighted by molar-refractivity contribution is 6.31. The largest absolute Gasteiger partial charge is 0.493 e. The van der Waals surface area contributed by atoms with Crippen molar-refractivity contribution in [2.24, 2.45) is 0 Å². The molecule has 0 saturated carbocycles. The van der Waals surface area contributed by atoms with Crippen molar-refractivity contribution >= 4 is 11.6 Å². The molecule has 0 N–H and O–H groups in total. The molecule has 1 heterocycles. The Bertz CT molecular complexity index is 590. The van der Waals surface area contributed by atoms with Gasteiger partial charge in [0.1, 0.15) is 5.75 Å². The van der Waals surface area contributed by atoms with Crippen LogP contribution in [0.1, 0.15) is 17.5 Å². The molecule has 0 bridgehead atoms. The molecule has 3 rings (SSSR count). The van der Waals surface area contributed by atoms with Crippen LogP contribution in [0.3, 0.4) is 0 Å². The summed E-state index contributed by atoms with van der Waals surface area (Å²) in [5.74, 6) is 0.951. The molecule has 2 aromatic carbocycles. The van der Waals surface area contributed by atoms with Crippen molar-refractivity contribution in [2.75, 3.05) is 6.61 Å². The van der Waals surface area contributed by atoms with Gasteiger partial charge in [-0.25, -0.2) is 0 Å². The number of rotatable bonds is 1. The van der Waals surface area contributed by atoms with Crippen molar-refractivity contribution in [2.45, 2.75) is 19.8 Å². The molecule has 2 heteroatoms. The van der Waals surface area contributed by atoms with Gasteiger partial charge in [0.05, 0.1) is 6.61 Å². The number of aryl methyl sites for hydroxylation is 1. The van der Waals surface area contributed by atoms with Crippen molar-refractivity contribution in [3.05, 3.63) is 52.5 Å². The van der Waals surface area contributed by atoms with Crippen molar-refractivity contribution in [3.63, 3.8) is 0 Å². The van der Waals surface area contributed by atoms with Crippen LogP contribution in [0.4, 0.5) is 0 Å². The Balaban J connectivity index is 2.23. The molecule has 0 spiro atoms. The maximum Gasteiger partial charge on any atom is 0.124 e. The second-order valence-corrected chi connectivity index (χ2v) is 5.13. The van der Waals surface area contributed by atoms with Gasteiger partial charge in [-0.15, -0.1) is 0 Å². The zero-order valence-electron chi connectivity index (χ0n) is 10.4. The van der Waals surface area contributed by atoms with Crippen molar-refractivity contribution in [1.29, 1.82) is 0 Å². The molecule has 0 unspecified atom stereocenters. The number of halogens is 1. The Morgan fingerprint density at radius 3 is 2.78 bits per heavy atom. The van der Waals surface area contributed by atoms with Gasteiger partial charge in [0, 0.05) is 10.6 Å². The molecular formula is C16H15ClO. The number of benzene rings is 2. The average molecular weight is 259 g/mol. The number of fused-ring (bicyclic) bond motifs is 1. The highest BCUT2D eigenvalue weighted by atomic mass is 35.5. The minimum atomic E-state index is 0.744. The van der Waals surface area contributed by atoms with E-state index in [1.165, 1.54) is 22.3 Å². The summed E-state index contributed by atoms with van der Waals surface area (Å²) in [4.78, 5) is 0. The van der Waals surface area contributed by atoms with Gasteiger partial charge in [0.15, 0.2) is 0 Å². The second kappa shape index (κ2) is 4.66. The van der Waals surface area contributed by atoms with E-state index in [0.717, 1.165) is 30.2 Å². The van der Waals surface area contributed by atoms with Gasteiger partial charge in [0.2, 0.25) is 0 Å². The van der Waals surface area contributed by atoms with Crippen molar-refractivity contribution in [1.82, 2.24) is 0 Å². The maximum absolute atomic E-state index is 6.20. The Hall–Kier alpha value is -1.47. The van der Waals surface area contributed by atoms with Gasteiger partial charge in [-0.1, -0.05) is 35.9 Å². The quantitative estimate of drug-likeness (QED) is 0.724. The van der Waals surface area contributed by atoms with E-state index in [-0.39, 0.29) is 0 Å². The first-order chi connectivity index (χ1) is 8.75. The summed E-state index contributed by atoms with van der Waals surface area (Å²) < 4.78 is 5.72. The first kappa shape index (κ1) is 11.6. The first-order valence-corrected chi connectivity index (χ1v) is 6.65. The summed E-state index contributed by atoms with van der Waals surface area (Å²) in [7, 11) is 0. The summed E-state index contributed by atoms with van der Waals surface area (Å²) in [6.07, 6.45) is 2.14. The summed E-state index contributed by atoms with van der Waals surface area (Å²) in [5, 5.41) is 0.744. The molecule has 92 valence electrons. The average Bonchev–Trinajstić information content (AvgIpc) is 2.38. The molecule has 0 aliphatic carbocycles. The summed E-state index contributed by atoms with van der Waals surface area (Å²) in [6.45, 7) is 2.92. The van der Waals surface area contributed by atoms with Crippen LogP contribution < -0.4 is 4.74 Å². The van der Waals surface area contributed by atoms with Gasteiger partial charge in [-0.05, 0) is 48.6 Å². The van der Waals surface area contributed by atoms with Crippen LogP contribution in [-0.4, -0.2) is 6.61 Å². The van der Waals surface area contributed by atoms with E-state index in [4.69, 9.17) is 16.3 Å². The summed E-state index contributed by atoms with van der Waals surface area (Å²) in [5.41, 5.74) is 5.03. The molecule has 0 amide bonds. The lowest BCUT2D eigenvalue weighted by molar-refractivity contribution is 0.289. The maximum atomic E-state index is 6.20. The highest BCUT2D eigenvalue weighted by Crippen LogP contribution is 2.38. The predicted octanol–water partition coefficient (Wildman–Crippen LogP) is 4.64. The van der Waals surface area contributed by atoms with Crippen LogP contribution in [0.15, 0.2) is 36.4 Å². The molecule has 0 radical (unpaired) electrons. The van der Waals surface area contributed by atoms with Gasteiger partial charge in [-0.3, -0.25) is 0 Å². The molecule has 0 saturated heterocycles. The third-order valence-corrected chi connectivity index (χ3v) is 3.66. The standard InChI is InChI=1S/C16H15ClO/c1-11-5-2-3-6-13(11)15-9-12(17)10-16-14(15)7-4-8-18-16/h2-3,5-6,9-10H,4,7-8H2,1H3. The van der Waals surface area contributed by atoms with E-state index < -0.39 is 0 Å². The van der Waals surface area contributed by atoms with E-state index in [1.54, 1.807) is 0 Å². The Morgan fingerprint density at radius 1 is 1.11 bits per heavy atom. The van der Waals surface area contributed by atoms with Crippen molar-refractivity contribution < 1.29 is 4.74 Å². The number of hydrogen-bond acceptors (Lipinski definition) is 1. The molecule has 1 nitrogen and oxygen atoms in total. The third-order valence-electron chi connectivity index (χ3n) is 3.44. The van der Waals surface area contributed by atoms with Gasteiger partial charge >= 0.3 is 0 Å². The van der Waals surface area contributed by atoms with Gasteiger partial charge in [-0.2, -0.15) is 0 Å². The van der Waals surface area contributed by atoms with Crippen LogP contribution >= 0.6 is 11.6 Å². The fraction of sp³-hybridized carbons (Fsp3) is 0.250. The number of hydrogen-bond donors (Lipinski definition) is 0. The molecule has 0 atom stereocenters. The van der Waals surface area contributed by atoms with E-state index in [2.05, 4.69) is 37.3 Å². The van der Waals surface area contributed by atoms with Crippen LogP contribution in [0.5, 0.6) is 5.75 Å². The fourth-order valence-corrected chi connectivity index (χ4v) is 2.75.